The number of amides is 6. The van der Waals surface area contributed by atoms with Crippen LogP contribution in [0.25, 0.3) is 0 Å². The van der Waals surface area contributed by atoms with Crippen molar-refractivity contribution in [1.29, 1.82) is 0 Å². The number of rotatable bonds is 28. The van der Waals surface area contributed by atoms with Crippen LogP contribution in [0, 0.1) is 0 Å². The Labute approximate surface area is 315 Å². The van der Waals surface area contributed by atoms with Gasteiger partial charge in [0.05, 0.1) is 6.42 Å². The second-order valence-electron chi connectivity index (χ2n) is 11.7. The van der Waals surface area contributed by atoms with E-state index in [0.29, 0.717) is 0 Å². The molecule has 0 fully saturated rings. The van der Waals surface area contributed by atoms with Crippen LogP contribution in [0.15, 0.2) is 0 Å². The molecule has 0 heterocycles. The topological polar surface area (TPSA) is 361 Å². The number of aliphatic carboxylic acids is 5. The third-order valence-corrected chi connectivity index (χ3v) is 7.83. The Bertz CT molecular complexity index is 1420. The Kier molecular flexibility index (Phi) is 22.8. The number of carboxylic acid groups (broad SMARTS) is 5. The maximum absolute atomic E-state index is 13.5. The van der Waals surface area contributed by atoms with Crippen LogP contribution in [-0.2, 0) is 52.7 Å². The highest BCUT2D eigenvalue weighted by atomic mass is 32.2. The molecule has 25 heteroatoms. The normalized spacial score (nSPS) is 14.1. The molecule has 310 valence electrons. The lowest BCUT2D eigenvalue weighted by Crippen LogP contribution is -2.59. The van der Waals surface area contributed by atoms with Gasteiger partial charge in [0.25, 0.3) is 0 Å². The second-order valence-corrected chi connectivity index (χ2v) is 12.7. The minimum atomic E-state index is -3.19. The van der Waals surface area contributed by atoms with Crippen LogP contribution in [0.1, 0.15) is 64.7 Å². The zero-order valence-corrected chi connectivity index (χ0v) is 30.3. The lowest BCUT2D eigenvalue weighted by Gasteiger charge is -2.27. The van der Waals surface area contributed by atoms with Crippen LogP contribution in [0.3, 0.4) is 0 Å². The van der Waals surface area contributed by atoms with Gasteiger partial charge in [0.15, 0.2) is 0 Å². The van der Waals surface area contributed by atoms with Crippen molar-refractivity contribution in [2.75, 3.05) is 12.0 Å². The minimum Gasteiger partial charge on any atom is -0.481 e. The number of thioether (sulfide) groups is 1. The van der Waals surface area contributed by atoms with Crippen molar-refractivity contribution in [3.63, 3.8) is 0 Å². The molecule has 55 heavy (non-hydrogen) atoms. The lowest BCUT2D eigenvalue weighted by atomic mass is 10.1. The van der Waals surface area contributed by atoms with Crippen molar-refractivity contribution in [2.45, 2.75) is 107 Å². The lowest BCUT2D eigenvalue weighted by molar-refractivity contribution is -0.144. The largest absolute Gasteiger partial charge is 0.481 e. The second kappa shape index (κ2) is 25.4. The van der Waals surface area contributed by atoms with E-state index in [4.69, 9.17) is 10.2 Å². The van der Waals surface area contributed by atoms with Crippen LogP contribution in [0.4, 0.5) is 8.78 Å². The molecule has 0 aliphatic heterocycles. The average Bonchev–Trinajstić information content (AvgIpc) is 3.06. The van der Waals surface area contributed by atoms with Crippen molar-refractivity contribution in [3.05, 3.63) is 0 Å². The zero-order valence-electron chi connectivity index (χ0n) is 29.5. The van der Waals surface area contributed by atoms with Crippen molar-refractivity contribution < 1.29 is 87.1 Å². The molecule has 0 saturated carbocycles. The first kappa shape index (κ1) is 49.4. The van der Waals surface area contributed by atoms with Gasteiger partial charge in [0.2, 0.25) is 41.9 Å². The highest BCUT2D eigenvalue weighted by Gasteiger charge is 2.34. The predicted molar refractivity (Wildman–Crippen MR) is 181 cm³/mol. The average molecular weight is 815 g/mol. The van der Waals surface area contributed by atoms with Gasteiger partial charge < -0.3 is 57.4 Å². The summed E-state index contributed by atoms with van der Waals surface area (Å²) in [6, 6.07) is -10.9. The number of carbonyl (C=O) groups is 11. The molecule has 11 N–H and O–H groups in total. The van der Waals surface area contributed by atoms with Gasteiger partial charge in [0, 0.05) is 32.6 Å². The Morgan fingerprint density at radius 2 is 0.818 bits per heavy atom. The number of hydrogen-bond acceptors (Lipinski definition) is 12. The summed E-state index contributed by atoms with van der Waals surface area (Å²) in [6.45, 7) is 0.979. The first-order valence-corrected chi connectivity index (χ1v) is 17.6. The number of alkyl halides is 2. The van der Waals surface area contributed by atoms with Crippen molar-refractivity contribution in [3.8, 4) is 0 Å². The first-order valence-electron chi connectivity index (χ1n) is 16.2. The van der Waals surface area contributed by atoms with E-state index in [1.807, 2.05) is 0 Å². The molecule has 6 amide bonds. The molecular weight excluding hydrogens is 770 g/mol. The SMILES string of the molecule is CSCC[C@H](NC(=O)[C@H](CCC(=O)O)NC(=O)[C@H](CC(=O)O)NC(C)=O)C(=O)N[C@@H](CCC(=O)O)C(=O)N[C@@H](CCC(=O)O)C(=O)NC(CC(F)F)C(=O)O. The molecule has 0 saturated heterocycles. The highest BCUT2D eigenvalue weighted by molar-refractivity contribution is 7.98. The quantitative estimate of drug-likeness (QED) is 0.0388. The van der Waals surface area contributed by atoms with E-state index in [1.54, 1.807) is 11.6 Å². The maximum Gasteiger partial charge on any atom is 0.326 e. The Morgan fingerprint density at radius 3 is 1.09 bits per heavy atom. The molecule has 0 rings (SSSR count). The summed E-state index contributed by atoms with van der Waals surface area (Å²) >= 11 is 1.18. The molecule has 0 aromatic carbocycles. The number of carbonyl (C=O) groups excluding carboxylic acids is 6. The highest BCUT2D eigenvalue weighted by Crippen LogP contribution is 2.10. The fraction of sp³-hybridized carbons (Fsp3) is 0.633. The summed E-state index contributed by atoms with van der Waals surface area (Å²) in [7, 11) is 0. The maximum atomic E-state index is 13.5. The van der Waals surface area contributed by atoms with E-state index in [9.17, 15) is 76.8 Å². The molecule has 0 bridgehead atoms. The summed E-state index contributed by atoms with van der Waals surface area (Å²) < 4.78 is 25.8. The summed E-state index contributed by atoms with van der Waals surface area (Å²) in [5.74, 6) is -14.6. The van der Waals surface area contributed by atoms with E-state index in [1.165, 1.54) is 11.8 Å². The fourth-order valence-electron chi connectivity index (χ4n) is 4.50. The summed E-state index contributed by atoms with van der Waals surface area (Å²) in [6.07, 6.45) is -8.31. The van der Waals surface area contributed by atoms with Crippen LogP contribution in [0.5, 0.6) is 0 Å². The van der Waals surface area contributed by atoms with Gasteiger partial charge in [0.1, 0.15) is 36.3 Å². The van der Waals surface area contributed by atoms with E-state index in [0.717, 1.165) is 6.92 Å². The summed E-state index contributed by atoms with van der Waals surface area (Å²) in [5.41, 5.74) is 0. The molecule has 1 unspecified atom stereocenters. The standard InChI is InChI=1S/C30H44F2N6O16S/c1-13(39)33-18(12-24(46)47)29(52)36-15(4-7-22(42)43)26(49)37-17(9-10-55-2)28(51)35-14(3-6-21(40)41)25(48)34-16(5-8-23(44)45)27(50)38-19(30(53)54)11-20(31)32/h14-20H,3-12H2,1-2H3,(H,33,39)(H,34,48)(H,35,51)(H,36,52)(H,37,49)(H,38,50)(H,40,41)(H,42,43)(H,44,45)(H,46,47)(H,53,54)/t14-,15-,16-,17-,18-,19?/m0/s1. The summed E-state index contributed by atoms with van der Waals surface area (Å²) in [5, 5.41) is 58.4. The summed E-state index contributed by atoms with van der Waals surface area (Å²) in [4.78, 5) is 134. The van der Waals surface area contributed by atoms with Gasteiger partial charge >= 0.3 is 29.8 Å². The van der Waals surface area contributed by atoms with Crippen molar-refractivity contribution in [1.82, 2.24) is 31.9 Å². The van der Waals surface area contributed by atoms with Crippen LogP contribution in [0.2, 0.25) is 0 Å². The van der Waals surface area contributed by atoms with E-state index in [-0.39, 0.29) is 12.2 Å². The number of hydrogen-bond donors (Lipinski definition) is 11. The Hall–Kier alpha value is -5.62. The third kappa shape index (κ3) is 21.6. The minimum absolute atomic E-state index is 0.153. The molecule has 0 aliphatic carbocycles. The monoisotopic (exact) mass is 814 g/mol. The fourth-order valence-corrected chi connectivity index (χ4v) is 4.98. The van der Waals surface area contributed by atoms with Crippen LogP contribution < -0.4 is 31.9 Å². The number of carboxylic acids is 5. The van der Waals surface area contributed by atoms with E-state index in [2.05, 4.69) is 26.6 Å². The van der Waals surface area contributed by atoms with E-state index >= 15 is 0 Å². The Morgan fingerprint density at radius 1 is 0.491 bits per heavy atom. The van der Waals surface area contributed by atoms with Crippen LogP contribution >= 0.6 is 11.8 Å². The van der Waals surface area contributed by atoms with Crippen LogP contribution in [-0.4, -0.2) is 146 Å². The molecule has 6 atom stereocenters. The van der Waals surface area contributed by atoms with Crippen molar-refractivity contribution in [2.24, 2.45) is 0 Å². The molecule has 0 spiro atoms. The van der Waals surface area contributed by atoms with Gasteiger partial charge in [-0.2, -0.15) is 11.8 Å². The molecule has 0 radical (unpaired) electrons. The van der Waals surface area contributed by atoms with Gasteiger partial charge in [-0.3, -0.25) is 47.9 Å². The molecule has 0 aliphatic rings. The van der Waals surface area contributed by atoms with Crippen molar-refractivity contribution >= 4 is 77.1 Å². The van der Waals surface area contributed by atoms with Gasteiger partial charge in [-0.05, 0) is 37.7 Å². The Balaban J connectivity index is 6.43. The van der Waals surface area contributed by atoms with Gasteiger partial charge in [-0.1, -0.05) is 0 Å². The smallest absolute Gasteiger partial charge is 0.326 e. The molecule has 22 nitrogen and oxygen atoms in total. The van der Waals surface area contributed by atoms with E-state index < -0.39 is 159 Å². The first-order chi connectivity index (χ1) is 25.6. The molecule has 0 aromatic heterocycles. The van der Waals surface area contributed by atoms with Gasteiger partial charge in [-0.25, -0.2) is 13.6 Å². The van der Waals surface area contributed by atoms with Gasteiger partial charge in [-0.15, -0.1) is 0 Å². The molecule has 0 aromatic rings. The number of nitrogens with one attached hydrogen (secondary N) is 6. The third-order valence-electron chi connectivity index (χ3n) is 7.18. The zero-order chi connectivity index (χ0) is 42.4. The molecular formula is C30H44F2N6O16S. The number of halogens is 2. The predicted octanol–water partition coefficient (Wildman–Crippen LogP) is -2.52.